The summed E-state index contributed by atoms with van der Waals surface area (Å²) in [6.45, 7) is 2.93. The normalized spacial score (nSPS) is 18.0. The number of carbonyl (C=O) groups excluding carboxylic acids is 1. The van der Waals surface area contributed by atoms with Crippen molar-refractivity contribution in [1.82, 2.24) is 10.2 Å². The maximum atomic E-state index is 12.2. The lowest BCUT2D eigenvalue weighted by molar-refractivity contribution is -0.121. The SMILES string of the molecule is O=C(Cc1ccc(Br)cc1)NC1CCN(Cc2ccccc2)C1. The number of rotatable bonds is 5. The smallest absolute Gasteiger partial charge is 0.224 e. The van der Waals surface area contributed by atoms with Crippen molar-refractivity contribution in [1.29, 1.82) is 0 Å². The Morgan fingerprint density at radius 3 is 2.57 bits per heavy atom. The number of nitrogens with one attached hydrogen (secondary N) is 1. The molecule has 1 aliphatic rings. The molecule has 1 N–H and O–H groups in total. The van der Waals surface area contributed by atoms with Crippen LogP contribution in [0.5, 0.6) is 0 Å². The van der Waals surface area contributed by atoms with Crippen molar-refractivity contribution >= 4 is 21.8 Å². The van der Waals surface area contributed by atoms with Crippen LogP contribution in [0.25, 0.3) is 0 Å². The first kappa shape index (κ1) is 16.2. The van der Waals surface area contributed by atoms with Crippen LogP contribution in [-0.4, -0.2) is 29.9 Å². The van der Waals surface area contributed by atoms with Gasteiger partial charge in [-0.1, -0.05) is 58.4 Å². The van der Waals surface area contributed by atoms with Crippen molar-refractivity contribution in [2.45, 2.75) is 25.4 Å². The summed E-state index contributed by atoms with van der Waals surface area (Å²) in [4.78, 5) is 14.6. The van der Waals surface area contributed by atoms with Gasteiger partial charge in [0.1, 0.15) is 0 Å². The van der Waals surface area contributed by atoms with Gasteiger partial charge in [0.15, 0.2) is 0 Å². The summed E-state index contributed by atoms with van der Waals surface area (Å²) in [6, 6.07) is 18.7. The van der Waals surface area contributed by atoms with E-state index in [0.717, 1.165) is 36.1 Å². The molecule has 0 radical (unpaired) electrons. The molecule has 0 aromatic heterocycles. The quantitative estimate of drug-likeness (QED) is 0.872. The largest absolute Gasteiger partial charge is 0.352 e. The van der Waals surface area contributed by atoms with Crippen LogP contribution in [0.2, 0.25) is 0 Å². The number of halogens is 1. The highest BCUT2D eigenvalue weighted by Gasteiger charge is 2.23. The molecule has 3 nitrogen and oxygen atoms in total. The van der Waals surface area contributed by atoms with Gasteiger partial charge in [0.05, 0.1) is 6.42 Å². The molecule has 1 amide bonds. The predicted molar refractivity (Wildman–Crippen MR) is 96.1 cm³/mol. The minimum absolute atomic E-state index is 0.110. The van der Waals surface area contributed by atoms with Gasteiger partial charge < -0.3 is 5.32 Å². The maximum absolute atomic E-state index is 12.2. The van der Waals surface area contributed by atoms with E-state index in [1.165, 1.54) is 5.56 Å². The molecule has 3 rings (SSSR count). The zero-order valence-electron chi connectivity index (χ0n) is 13.0. The first-order valence-corrected chi connectivity index (χ1v) is 8.78. The van der Waals surface area contributed by atoms with E-state index in [0.29, 0.717) is 6.42 Å². The Hall–Kier alpha value is -1.65. The van der Waals surface area contributed by atoms with Crippen molar-refractivity contribution in [2.75, 3.05) is 13.1 Å². The van der Waals surface area contributed by atoms with Gasteiger partial charge in [0.2, 0.25) is 5.91 Å². The van der Waals surface area contributed by atoms with Crippen molar-refractivity contribution in [2.24, 2.45) is 0 Å². The number of benzene rings is 2. The van der Waals surface area contributed by atoms with Crippen LogP contribution < -0.4 is 5.32 Å². The van der Waals surface area contributed by atoms with Crippen LogP contribution in [0, 0.1) is 0 Å². The first-order chi connectivity index (χ1) is 11.2. The molecule has 1 aliphatic heterocycles. The van der Waals surface area contributed by atoms with E-state index in [1.54, 1.807) is 0 Å². The van der Waals surface area contributed by atoms with Crippen molar-refractivity contribution in [3.05, 3.63) is 70.2 Å². The molecule has 1 saturated heterocycles. The predicted octanol–water partition coefficient (Wildman–Crippen LogP) is 3.38. The second-order valence-electron chi connectivity index (χ2n) is 6.08. The van der Waals surface area contributed by atoms with Crippen molar-refractivity contribution in [3.8, 4) is 0 Å². The van der Waals surface area contributed by atoms with Crippen molar-refractivity contribution < 1.29 is 4.79 Å². The number of likely N-dealkylation sites (tertiary alicyclic amines) is 1. The average molecular weight is 373 g/mol. The van der Waals surface area contributed by atoms with E-state index in [9.17, 15) is 4.79 Å². The van der Waals surface area contributed by atoms with Crippen LogP contribution in [0.15, 0.2) is 59.1 Å². The standard InChI is InChI=1S/C19H21BrN2O/c20-17-8-6-15(7-9-17)12-19(23)21-18-10-11-22(14-18)13-16-4-2-1-3-5-16/h1-9,18H,10-14H2,(H,21,23). The monoisotopic (exact) mass is 372 g/mol. The molecule has 0 bridgehead atoms. The molecule has 0 spiro atoms. The van der Waals surface area contributed by atoms with E-state index in [4.69, 9.17) is 0 Å². The summed E-state index contributed by atoms with van der Waals surface area (Å²) < 4.78 is 1.04. The Kier molecular flexibility index (Phi) is 5.47. The first-order valence-electron chi connectivity index (χ1n) is 7.99. The van der Waals surface area contributed by atoms with Crippen LogP contribution in [0.3, 0.4) is 0 Å². The summed E-state index contributed by atoms with van der Waals surface area (Å²) in [7, 11) is 0. The fourth-order valence-electron chi connectivity index (χ4n) is 3.00. The van der Waals surface area contributed by atoms with Crippen LogP contribution in [-0.2, 0) is 17.8 Å². The molecule has 120 valence electrons. The zero-order chi connectivity index (χ0) is 16.1. The third kappa shape index (κ3) is 4.91. The molecule has 2 aromatic rings. The molecule has 0 saturated carbocycles. The van der Waals surface area contributed by atoms with E-state index in [1.807, 2.05) is 30.3 Å². The Bertz CT molecular complexity index is 642. The minimum atomic E-state index is 0.110. The van der Waals surface area contributed by atoms with Gasteiger partial charge in [0.25, 0.3) is 0 Å². The fraction of sp³-hybridized carbons (Fsp3) is 0.316. The highest BCUT2D eigenvalue weighted by atomic mass is 79.9. The van der Waals surface area contributed by atoms with Crippen LogP contribution >= 0.6 is 15.9 Å². The van der Waals surface area contributed by atoms with E-state index < -0.39 is 0 Å². The Morgan fingerprint density at radius 1 is 1.09 bits per heavy atom. The van der Waals surface area contributed by atoms with E-state index in [-0.39, 0.29) is 11.9 Å². The summed E-state index contributed by atoms with van der Waals surface area (Å²) in [6.07, 6.45) is 1.47. The Labute approximate surface area is 145 Å². The summed E-state index contributed by atoms with van der Waals surface area (Å²) in [5, 5.41) is 3.17. The number of amides is 1. The Morgan fingerprint density at radius 2 is 1.83 bits per heavy atom. The topological polar surface area (TPSA) is 32.3 Å². The average Bonchev–Trinajstić information content (AvgIpc) is 2.97. The highest BCUT2D eigenvalue weighted by molar-refractivity contribution is 9.10. The third-order valence-electron chi connectivity index (χ3n) is 4.16. The van der Waals surface area contributed by atoms with Gasteiger partial charge in [-0.2, -0.15) is 0 Å². The van der Waals surface area contributed by atoms with Crippen LogP contribution in [0.4, 0.5) is 0 Å². The van der Waals surface area contributed by atoms with Gasteiger partial charge in [-0.3, -0.25) is 9.69 Å². The molecule has 4 heteroatoms. The lowest BCUT2D eigenvalue weighted by atomic mass is 10.1. The lowest BCUT2D eigenvalue weighted by Crippen LogP contribution is -2.37. The van der Waals surface area contributed by atoms with E-state index >= 15 is 0 Å². The van der Waals surface area contributed by atoms with Crippen molar-refractivity contribution in [3.63, 3.8) is 0 Å². The molecule has 0 aliphatic carbocycles. The second-order valence-corrected chi connectivity index (χ2v) is 6.99. The van der Waals surface area contributed by atoms with Gasteiger partial charge in [0, 0.05) is 30.1 Å². The number of carbonyl (C=O) groups is 1. The fourth-order valence-corrected chi connectivity index (χ4v) is 3.27. The number of hydrogen-bond acceptors (Lipinski definition) is 2. The molecular formula is C19H21BrN2O. The highest BCUT2D eigenvalue weighted by Crippen LogP contribution is 2.14. The van der Waals surface area contributed by atoms with Gasteiger partial charge in [-0.15, -0.1) is 0 Å². The second kappa shape index (κ2) is 7.75. The summed E-state index contributed by atoms with van der Waals surface area (Å²) in [5.74, 6) is 0.110. The van der Waals surface area contributed by atoms with Gasteiger partial charge in [-0.25, -0.2) is 0 Å². The molecule has 1 atom stereocenters. The Balaban J connectivity index is 1.46. The van der Waals surface area contributed by atoms with E-state index in [2.05, 4.69) is 50.4 Å². The molecule has 2 aromatic carbocycles. The maximum Gasteiger partial charge on any atom is 0.224 e. The van der Waals surface area contributed by atoms with Gasteiger partial charge in [-0.05, 0) is 29.7 Å². The summed E-state index contributed by atoms with van der Waals surface area (Å²) in [5.41, 5.74) is 2.37. The zero-order valence-corrected chi connectivity index (χ0v) is 14.6. The third-order valence-corrected chi connectivity index (χ3v) is 4.69. The number of hydrogen-bond donors (Lipinski definition) is 1. The molecule has 1 heterocycles. The minimum Gasteiger partial charge on any atom is -0.352 e. The summed E-state index contributed by atoms with van der Waals surface area (Å²) >= 11 is 3.41. The molecular weight excluding hydrogens is 352 g/mol. The molecule has 1 fully saturated rings. The lowest BCUT2D eigenvalue weighted by Gasteiger charge is -2.17. The van der Waals surface area contributed by atoms with Crippen LogP contribution in [0.1, 0.15) is 17.5 Å². The van der Waals surface area contributed by atoms with Gasteiger partial charge >= 0.3 is 0 Å². The molecule has 1 unspecified atom stereocenters. The molecule has 23 heavy (non-hydrogen) atoms. The number of nitrogens with zero attached hydrogens (tertiary/aromatic N) is 1.